The summed E-state index contributed by atoms with van der Waals surface area (Å²) < 4.78 is 26.7. The standard InChI is InChI=1S/C16H15N7O5S/c17-22-10-15(20-21-22)13-6-1-2-7-14(13)19-16(24)9-18-29(27,28)12-5-3-4-11(8-12)23(25)26/h1-8,10,18H,9,17H2,(H,19,24). The van der Waals surface area contributed by atoms with Crippen molar-refractivity contribution >= 4 is 27.3 Å². The van der Waals surface area contributed by atoms with Gasteiger partial charge in [0.25, 0.3) is 5.69 Å². The first kappa shape index (κ1) is 19.9. The maximum Gasteiger partial charge on any atom is 0.270 e. The lowest BCUT2D eigenvalue weighted by Crippen LogP contribution is -2.33. The number of hydrogen-bond donors (Lipinski definition) is 3. The number of amides is 1. The van der Waals surface area contributed by atoms with E-state index < -0.39 is 27.4 Å². The number of rotatable bonds is 7. The zero-order valence-electron chi connectivity index (χ0n) is 14.7. The average Bonchev–Trinajstić information content (AvgIpc) is 3.13. The third kappa shape index (κ3) is 4.72. The van der Waals surface area contributed by atoms with Gasteiger partial charge in [-0.15, -0.1) is 5.10 Å². The van der Waals surface area contributed by atoms with E-state index in [-0.39, 0.29) is 10.6 Å². The Bertz CT molecular complexity index is 1180. The Morgan fingerprint density at radius 3 is 2.66 bits per heavy atom. The molecule has 3 aromatic rings. The molecule has 1 amide bonds. The average molecular weight is 417 g/mol. The lowest BCUT2D eigenvalue weighted by atomic mass is 10.1. The predicted octanol–water partition coefficient (Wildman–Crippen LogP) is 0.484. The quantitative estimate of drug-likeness (QED) is 0.282. The van der Waals surface area contributed by atoms with E-state index in [9.17, 15) is 23.3 Å². The number of aromatic nitrogens is 3. The number of benzene rings is 2. The highest BCUT2D eigenvalue weighted by atomic mass is 32.2. The van der Waals surface area contributed by atoms with Crippen LogP contribution in [0.5, 0.6) is 0 Å². The van der Waals surface area contributed by atoms with Gasteiger partial charge in [-0.25, -0.2) is 13.1 Å². The highest BCUT2D eigenvalue weighted by Crippen LogP contribution is 2.25. The van der Waals surface area contributed by atoms with E-state index in [1.54, 1.807) is 24.3 Å². The molecule has 0 saturated carbocycles. The Hall–Kier alpha value is -3.84. The van der Waals surface area contributed by atoms with Crippen molar-refractivity contribution in [2.45, 2.75) is 4.90 Å². The van der Waals surface area contributed by atoms with E-state index in [0.29, 0.717) is 16.9 Å². The molecule has 0 unspecified atom stereocenters. The number of nitrogens with one attached hydrogen (secondary N) is 2. The molecule has 3 rings (SSSR count). The van der Waals surface area contributed by atoms with Crippen LogP contribution in [0.1, 0.15) is 0 Å². The van der Waals surface area contributed by atoms with Crippen LogP contribution in [-0.2, 0) is 14.8 Å². The number of nitro benzene ring substituents is 1. The van der Waals surface area contributed by atoms with E-state index >= 15 is 0 Å². The maximum atomic E-state index is 12.3. The van der Waals surface area contributed by atoms with Crippen LogP contribution in [0.3, 0.4) is 0 Å². The van der Waals surface area contributed by atoms with Gasteiger partial charge in [-0.2, -0.15) is 4.79 Å². The first-order valence-electron chi connectivity index (χ1n) is 8.07. The molecule has 0 spiro atoms. The van der Waals surface area contributed by atoms with Gasteiger partial charge >= 0.3 is 0 Å². The normalized spacial score (nSPS) is 11.2. The van der Waals surface area contributed by atoms with Crippen LogP contribution >= 0.6 is 0 Å². The second-order valence-corrected chi connectivity index (χ2v) is 7.52. The lowest BCUT2D eigenvalue weighted by Gasteiger charge is -2.10. The van der Waals surface area contributed by atoms with E-state index in [0.717, 1.165) is 10.9 Å². The second kappa shape index (κ2) is 8.04. The molecule has 0 aliphatic heterocycles. The van der Waals surface area contributed by atoms with E-state index in [2.05, 4.69) is 20.4 Å². The number of nitrogens with zero attached hydrogens (tertiary/aromatic N) is 4. The van der Waals surface area contributed by atoms with E-state index in [4.69, 9.17) is 5.84 Å². The third-order valence-corrected chi connectivity index (χ3v) is 5.15. The Balaban J connectivity index is 1.71. The second-order valence-electron chi connectivity index (χ2n) is 5.76. The number of nitrogen functional groups attached to an aromatic ring is 1. The fourth-order valence-electron chi connectivity index (χ4n) is 2.42. The van der Waals surface area contributed by atoms with Gasteiger partial charge in [0.1, 0.15) is 5.69 Å². The van der Waals surface area contributed by atoms with Gasteiger partial charge in [0.15, 0.2) is 0 Å². The molecule has 29 heavy (non-hydrogen) atoms. The minimum absolute atomic E-state index is 0.320. The van der Waals surface area contributed by atoms with E-state index in [1.807, 2.05) is 0 Å². The number of sulfonamides is 1. The Morgan fingerprint density at radius 2 is 1.97 bits per heavy atom. The molecule has 150 valence electrons. The first-order chi connectivity index (χ1) is 13.8. The number of hydrogen-bond acceptors (Lipinski definition) is 8. The summed E-state index contributed by atoms with van der Waals surface area (Å²) in [5.41, 5.74) is 0.964. The van der Waals surface area contributed by atoms with Gasteiger partial charge in [-0.1, -0.05) is 24.3 Å². The molecule has 2 aromatic carbocycles. The van der Waals surface area contributed by atoms with Crippen molar-refractivity contribution < 1.29 is 18.1 Å². The molecule has 0 aliphatic rings. The van der Waals surface area contributed by atoms with Crippen molar-refractivity contribution in [1.82, 2.24) is 19.8 Å². The Labute approximate surface area is 164 Å². The van der Waals surface area contributed by atoms with Crippen LogP contribution in [-0.4, -0.2) is 40.9 Å². The molecule has 1 heterocycles. The van der Waals surface area contributed by atoms with Gasteiger partial charge < -0.3 is 11.2 Å². The summed E-state index contributed by atoms with van der Waals surface area (Å²) >= 11 is 0. The summed E-state index contributed by atoms with van der Waals surface area (Å²) in [6, 6.07) is 11.2. The lowest BCUT2D eigenvalue weighted by molar-refractivity contribution is -0.385. The summed E-state index contributed by atoms with van der Waals surface area (Å²) in [6.07, 6.45) is 1.45. The van der Waals surface area contributed by atoms with Crippen LogP contribution in [0.15, 0.2) is 59.6 Å². The molecule has 0 saturated heterocycles. The van der Waals surface area contributed by atoms with Crippen LogP contribution in [0.25, 0.3) is 11.3 Å². The molecule has 0 bridgehead atoms. The maximum absolute atomic E-state index is 12.3. The summed E-state index contributed by atoms with van der Waals surface area (Å²) in [4.78, 5) is 23.0. The molecule has 4 N–H and O–H groups in total. The predicted molar refractivity (Wildman–Crippen MR) is 103 cm³/mol. The summed E-state index contributed by atoms with van der Waals surface area (Å²) in [7, 11) is -4.12. The fraction of sp³-hybridized carbons (Fsp3) is 0.0625. The smallest absolute Gasteiger partial charge is 0.270 e. The van der Waals surface area contributed by atoms with E-state index in [1.165, 1.54) is 24.4 Å². The van der Waals surface area contributed by atoms with Gasteiger partial charge in [-0.05, 0) is 17.3 Å². The van der Waals surface area contributed by atoms with Gasteiger partial charge in [0, 0.05) is 17.7 Å². The van der Waals surface area contributed by atoms with Gasteiger partial charge in [0.05, 0.1) is 28.2 Å². The topological polar surface area (TPSA) is 175 Å². The summed E-state index contributed by atoms with van der Waals surface area (Å²) in [5, 5.41) is 20.9. The molecule has 12 nitrogen and oxygen atoms in total. The molecule has 1 aromatic heterocycles. The minimum atomic E-state index is -4.12. The monoisotopic (exact) mass is 417 g/mol. The number of carbonyl (C=O) groups is 1. The highest BCUT2D eigenvalue weighted by molar-refractivity contribution is 7.89. The molecule has 0 fully saturated rings. The van der Waals surface area contributed by atoms with Crippen LogP contribution in [0, 0.1) is 10.1 Å². The minimum Gasteiger partial charge on any atom is -0.324 e. The summed E-state index contributed by atoms with van der Waals surface area (Å²) in [5.74, 6) is 4.84. The van der Waals surface area contributed by atoms with Crippen molar-refractivity contribution in [3.05, 3.63) is 64.8 Å². The number of non-ortho nitro benzene ring substituents is 1. The molecular weight excluding hydrogens is 402 g/mol. The third-order valence-electron chi connectivity index (χ3n) is 3.75. The van der Waals surface area contributed by atoms with Crippen molar-refractivity contribution in [3.63, 3.8) is 0 Å². The molecular formula is C16H15N7O5S. The van der Waals surface area contributed by atoms with Crippen molar-refractivity contribution in [3.8, 4) is 11.3 Å². The van der Waals surface area contributed by atoms with Crippen LogP contribution < -0.4 is 15.9 Å². The highest BCUT2D eigenvalue weighted by Gasteiger charge is 2.19. The number of carbonyl (C=O) groups excluding carboxylic acids is 1. The van der Waals surface area contributed by atoms with Gasteiger partial charge in [-0.3, -0.25) is 14.9 Å². The first-order valence-corrected chi connectivity index (χ1v) is 9.55. The number of nitrogens with two attached hydrogens (primary N) is 1. The Morgan fingerprint density at radius 1 is 1.21 bits per heavy atom. The molecule has 13 heteroatoms. The van der Waals surface area contributed by atoms with Crippen molar-refractivity contribution in [2.75, 3.05) is 17.7 Å². The van der Waals surface area contributed by atoms with Crippen molar-refractivity contribution in [2.24, 2.45) is 0 Å². The van der Waals surface area contributed by atoms with Crippen LogP contribution in [0.4, 0.5) is 11.4 Å². The Kier molecular flexibility index (Phi) is 5.52. The van der Waals surface area contributed by atoms with Crippen LogP contribution in [0.2, 0.25) is 0 Å². The SMILES string of the molecule is Nn1cc(-c2ccccc2NC(=O)CNS(=O)(=O)c2cccc([N+](=O)[O-])c2)nn1. The number of anilines is 1. The van der Waals surface area contributed by atoms with Crippen molar-refractivity contribution in [1.29, 1.82) is 0 Å². The largest absolute Gasteiger partial charge is 0.324 e. The molecule has 0 atom stereocenters. The van der Waals surface area contributed by atoms with Gasteiger partial charge in [0.2, 0.25) is 15.9 Å². The zero-order valence-corrected chi connectivity index (χ0v) is 15.5. The molecule has 0 radical (unpaired) electrons. The molecule has 0 aliphatic carbocycles. The fourth-order valence-corrected chi connectivity index (χ4v) is 3.44. The summed E-state index contributed by atoms with van der Waals surface area (Å²) in [6.45, 7) is -0.580. The zero-order chi connectivity index (χ0) is 21.0. The number of nitro groups is 1. The number of para-hydroxylation sites is 1.